The molecule has 6 nitrogen and oxygen atoms in total. The molecule has 2 aromatic rings. The van der Waals surface area contributed by atoms with Crippen LogP contribution in [0.1, 0.15) is 11.3 Å². The second-order valence-electron chi connectivity index (χ2n) is 3.71. The molecule has 1 heterocycles. The summed E-state index contributed by atoms with van der Waals surface area (Å²) in [6, 6.07) is 6.17. The molecule has 2 rings (SSSR count). The van der Waals surface area contributed by atoms with Crippen LogP contribution in [0.15, 0.2) is 41.7 Å². The first-order chi connectivity index (χ1) is 8.62. The van der Waals surface area contributed by atoms with E-state index in [1.165, 1.54) is 18.5 Å². The number of H-pyrrole nitrogens is 1. The van der Waals surface area contributed by atoms with Crippen LogP contribution >= 0.6 is 0 Å². The average Bonchev–Trinajstić information content (AvgIpc) is 2.90. The van der Waals surface area contributed by atoms with Gasteiger partial charge in [0.25, 0.3) is 0 Å². The van der Waals surface area contributed by atoms with Crippen molar-refractivity contribution in [2.45, 2.75) is 18.0 Å². The highest BCUT2D eigenvalue weighted by Crippen LogP contribution is 2.11. The Hall–Kier alpha value is -1.70. The van der Waals surface area contributed by atoms with Crippen molar-refractivity contribution >= 4 is 10.0 Å². The van der Waals surface area contributed by atoms with Gasteiger partial charge in [0, 0.05) is 11.9 Å². The summed E-state index contributed by atoms with van der Waals surface area (Å²) in [5, 5.41) is 8.98. The smallest absolute Gasteiger partial charge is 0.240 e. The van der Waals surface area contributed by atoms with Gasteiger partial charge >= 0.3 is 0 Å². The van der Waals surface area contributed by atoms with Crippen LogP contribution in [-0.4, -0.2) is 23.5 Å². The number of aromatic amines is 1. The minimum Gasteiger partial charge on any atom is -0.392 e. The number of benzene rings is 1. The fraction of sp³-hybridized carbons (Fsp3) is 0.182. The topological polar surface area (TPSA) is 95.1 Å². The Morgan fingerprint density at radius 3 is 2.89 bits per heavy atom. The lowest BCUT2D eigenvalue weighted by atomic mass is 10.2. The third-order valence-corrected chi connectivity index (χ3v) is 3.80. The molecule has 0 amide bonds. The van der Waals surface area contributed by atoms with Crippen LogP contribution in [0, 0.1) is 0 Å². The average molecular weight is 267 g/mol. The van der Waals surface area contributed by atoms with Crippen molar-refractivity contribution in [1.82, 2.24) is 14.7 Å². The van der Waals surface area contributed by atoms with E-state index in [0.29, 0.717) is 11.3 Å². The number of nitrogens with one attached hydrogen (secondary N) is 2. The highest BCUT2D eigenvalue weighted by molar-refractivity contribution is 7.89. The highest BCUT2D eigenvalue weighted by Gasteiger charge is 2.14. The van der Waals surface area contributed by atoms with Gasteiger partial charge in [-0.15, -0.1) is 0 Å². The second-order valence-corrected chi connectivity index (χ2v) is 5.47. The summed E-state index contributed by atoms with van der Waals surface area (Å²) in [6.45, 7) is -0.0460. The Labute approximate surface area is 105 Å². The summed E-state index contributed by atoms with van der Waals surface area (Å²) >= 11 is 0. The van der Waals surface area contributed by atoms with E-state index in [2.05, 4.69) is 14.7 Å². The van der Waals surface area contributed by atoms with Crippen molar-refractivity contribution in [1.29, 1.82) is 0 Å². The first-order valence-corrected chi connectivity index (χ1v) is 6.77. The molecule has 0 fully saturated rings. The van der Waals surface area contributed by atoms with E-state index in [-0.39, 0.29) is 18.0 Å². The third kappa shape index (κ3) is 2.95. The fourth-order valence-electron chi connectivity index (χ4n) is 1.45. The van der Waals surface area contributed by atoms with Crippen molar-refractivity contribution in [3.05, 3.63) is 48.0 Å². The Bertz CT molecular complexity index is 608. The predicted octanol–water partition coefficient (Wildman–Crippen LogP) is 0.380. The van der Waals surface area contributed by atoms with Crippen molar-refractivity contribution in [3.63, 3.8) is 0 Å². The number of imidazole rings is 1. The molecule has 0 aliphatic carbocycles. The van der Waals surface area contributed by atoms with Crippen molar-refractivity contribution < 1.29 is 13.5 Å². The van der Waals surface area contributed by atoms with Gasteiger partial charge in [0.15, 0.2) is 0 Å². The number of hydrogen-bond donors (Lipinski definition) is 3. The first kappa shape index (κ1) is 12.7. The van der Waals surface area contributed by atoms with Crippen LogP contribution in [0.3, 0.4) is 0 Å². The van der Waals surface area contributed by atoms with E-state index in [1.54, 1.807) is 18.3 Å². The van der Waals surface area contributed by atoms with Gasteiger partial charge in [0.2, 0.25) is 10.0 Å². The summed E-state index contributed by atoms with van der Waals surface area (Å²) in [7, 11) is -3.58. The number of rotatable bonds is 5. The molecule has 1 aromatic heterocycles. The maximum absolute atomic E-state index is 12.0. The number of nitrogens with zero attached hydrogens (tertiary/aromatic N) is 1. The number of aromatic nitrogens is 2. The van der Waals surface area contributed by atoms with Gasteiger partial charge in [-0.1, -0.05) is 12.1 Å². The van der Waals surface area contributed by atoms with E-state index in [1.807, 2.05) is 0 Å². The van der Waals surface area contributed by atoms with E-state index < -0.39 is 10.0 Å². The Morgan fingerprint density at radius 1 is 1.39 bits per heavy atom. The number of sulfonamides is 1. The largest absolute Gasteiger partial charge is 0.392 e. The molecule has 0 bridgehead atoms. The molecule has 96 valence electrons. The minimum atomic E-state index is -3.58. The summed E-state index contributed by atoms with van der Waals surface area (Å²) < 4.78 is 26.4. The van der Waals surface area contributed by atoms with Gasteiger partial charge < -0.3 is 10.1 Å². The Balaban J connectivity index is 2.14. The fourth-order valence-corrected chi connectivity index (χ4v) is 2.52. The zero-order chi connectivity index (χ0) is 13.0. The lowest BCUT2D eigenvalue weighted by Gasteiger charge is -2.06. The van der Waals surface area contributed by atoms with Crippen molar-refractivity contribution in [2.24, 2.45) is 0 Å². The van der Waals surface area contributed by atoms with Crippen molar-refractivity contribution in [2.75, 3.05) is 0 Å². The molecular formula is C11H13N3O3S. The summed E-state index contributed by atoms with van der Waals surface area (Å²) in [5.41, 5.74) is 1.23. The molecule has 0 radical (unpaired) electrons. The molecule has 0 saturated carbocycles. The molecular weight excluding hydrogens is 254 g/mol. The van der Waals surface area contributed by atoms with Gasteiger partial charge in [-0.3, -0.25) is 0 Å². The Morgan fingerprint density at radius 2 is 2.22 bits per heavy atom. The monoisotopic (exact) mass is 267 g/mol. The lowest BCUT2D eigenvalue weighted by Crippen LogP contribution is -2.23. The zero-order valence-electron chi connectivity index (χ0n) is 9.50. The molecule has 0 aliphatic rings. The van der Waals surface area contributed by atoms with Crippen LogP contribution in [0.4, 0.5) is 0 Å². The normalized spacial score (nSPS) is 11.6. The van der Waals surface area contributed by atoms with Gasteiger partial charge in [-0.25, -0.2) is 18.1 Å². The lowest BCUT2D eigenvalue weighted by molar-refractivity contribution is 0.281. The molecule has 0 atom stereocenters. The van der Waals surface area contributed by atoms with Crippen molar-refractivity contribution in [3.8, 4) is 0 Å². The van der Waals surface area contributed by atoms with Crippen LogP contribution in [0.5, 0.6) is 0 Å². The van der Waals surface area contributed by atoms with E-state index in [0.717, 1.165) is 0 Å². The summed E-state index contributed by atoms with van der Waals surface area (Å²) in [4.78, 5) is 6.74. The van der Waals surface area contributed by atoms with Gasteiger partial charge in [0.05, 0.1) is 24.4 Å². The SMILES string of the molecule is O=S(=O)(NCc1cnc[nH]1)c1cccc(CO)c1. The van der Waals surface area contributed by atoms with Crippen LogP contribution in [0.25, 0.3) is 0 Å². The Kier molecular flexibility index (Phi) is 3.75. The molecule has 0 saturated heterocycles. The van der Waals surface area contributed by atoms with Gasteiger partial charge in [-0.05, 0) is 17.7 Å². The number of aliphatic hydroxyl groups excluding tert-OH is 1. The predicted molar refractivity (Wildman–Crippen MR) is 65.0 cm³/mol. The summed E-state index contributed by atoms with van der Waals surface area (Å²) in [5.74, 6) is 0. The van der Waals surface area contributed by atoms with Crippen LogP contribution < -0.4 is 4.72 Å². The standard InChI is InChI=1S/C11H13N3O3S/c15-7-9-2-1-3-11(4-9)18(16,17)14-6-10-5-12-8-13-10/h1-5,8,14-15H,6-7H2,(H,12,13). The molecule has 0 spiro atoms. The second kappa shape index (κ2) is 5.30. The molecule has 3 N–H and O–H groups in total. The summed E-state index contributed by atoms with van der Waals surface area (Å²) in [6.07, 6.45) is 3.03. The van der Waals surface area contributed by atoms with Gasteiger partial charge in [0.1, 0.15) is 0 Å². The molecule has 7 heteroatoms. The molecule has 0 aliphatic heterocycles. The third-order valence-electron chi connectivity index (χ3n) is 2.40. The number of hydrogen-bond acceptors (Lipinski definition) is 4. The minimum absolute atomic E-state index is 0.133. The first-order valence-electron chi connectivity index (χ1n) is 5.28. The van der Waals surface area contributed by atoms with Crippen LogP contribution in [-0.2, 0) is 23.2 Å². The quantitative estimate of drug-likeness (QED) is 0.730. The van der Waals surface area contributed by atoms with E-state index >= 15 is 0 Å². The molecule has 18 heavy (non-hydrogen) atoms. The van der Waals surface area contributed by atoms with E-state index in [4.69, 9.17) is 5.11 Å². The molecule has 1 aromatic carbocycles. The number of aliphatic hydroxyl groups is 1. The maximum atomic E-state index is 12.0. The zero-order valence-corrected chi connectivity index (χ0v) is 10.3. The highest BCUT2D eigenvalue weighted by atomic mass is 32.2. The van der Waals surface area contributed by atoms with Crippen LogP contribution in [0.2, 0.25) is 0 Å². The van der Waals surface area contributed by atoms with E-state index in [9.17, 15) is 8.42 Å². The van der Waals surface area contributed by atoms with Gasteiger partial charge in [-0.2, -0.15) is 0 Å². The molecule has 0 unspecified atom stereocenters. The maximum Gasteiger partial charge on any atom is 0.240 e.